The lowest BCUT2D eigenvalue weighted by Gasteiger charge is -2.10. The van der Waals surface area contributed by atoms with Gasteiger partial charge in [0.1, 0.15) is 11.3 Å². The van der Waals surface area contributed by atoms with E-state index in [0.717, 1.165) is 13.0 Å². The van der Waals surface area contributed by atoms with Crippen LogP contribution in [0.1, 0.15) is 23.7 Å². The number of hydrogen-bond donors (Lipinski definition) is 1. The Hall–Kier alpha value is -1.75. The number of rotatable bonds is 6. The lowest BCUT2D eigenvalue weighted by molar-refractivity contribution is 0.0597. The zero-order valence-corrected chi connectivity index (χ0v) is 10.3. The molecule has 5 nitrogen and oxygen atoms in total. The van der Waals surface area contributed by atoms with Gasteiger partial charge in [-0.1, -0.05) is 6.92 Å². The van der Waals surface area contributed by atoms with E-state index in [9.17, 15) is 4.79 Å². The van der Waals surface area contributed by atoms with Crippen LogP contribution >= 0.6 is 0 Å². The summed E-state index contributed by atoms with van der Waals surface area (Å²) in [6, 6.07) is 4.92. The zero-order chi connectivity index (χ0) is 12.7. The van der Waals surface area contributed by atoms with Gasteiger partial charge in [0, 0.05) is 12.6 Å². The number of carbonyl (C=O) groups excluding carboxylic acids is 1. The molecule has 0 atom stereocenters. The molecule has 0 saturated heterocycles. The van der Waals surface area contributed by atoms with Gasteiger partial charge in [-0.25, -0.2) is 4.79 Å². The highest BCUT2D eigenvalue weighted by Gasteiger charge is 2.13. The van der Waals surface area contributed by atoms with Gasteiger partial charge >= 0.3 is 5.97 Å². The summed E-state index contributed by atoms with van der Waals surface area (Å²) < 4.78 is 9.75. The predicted molar refractivity (Wildman–Crippen MR) is 63.3 cm³/mol. The zero-order valence-electron chi connectivity index (χ0n) is 10.3. The molecule has 1 aromatic rings. The lowest BCUT2D eigenvalue weighted by Crippen LogP contribution is -2.19. The summed E-state index contributed by atoms with van der Waals surface area (Å²) in [5.74, 6) is 0.575. The Morgan fingerprint density at radius 2 is 2.12 bits per heavy atom. The molecule has 1 aromatic carbocycles. The summed E-state index contributed by atoms with van der Waals surface area (Å²) in [5.41, 5.74) is 3.17. The molecule has 0 amide bonds. The number of nitrogens with one attached hydrogen (secondary N) is 1. The highest BCUT2D eigenvalue weighted by Crippen LogP contribution is 2.24. The van der Waals surface area contributed by atoms with Crippen molar-refractivity contribution in [3.05, 3.63) is 23.8 Å². The fourth-order valence-electron chi connectivity index (χ4n) is 1.25. The Labute approximate surface area is 101 Å². The second-order valence-corrected chi connectivity index (χ2v) is 3.35. The minimum Gasteiger partial charge on any atom is -0.496 e. The first-order valence-electron chi connectivity index (χ1n) is 5.39. The van der Waals surface area contributed by atoms with Crippen molar-refractivity contribution < 1.29 is 19.1 Å². The molecular weight excluding hydrogens is 222 g/mol. The molecule has 0 aliphatic heterocycles. The normalized spacial score (nSPS) is 9.82. The van der Waals surface area contributed by atoms with Crippen LogP contribution < -0.4 is 15.1 Å². The van der Waals surface area contributed by atoms with E-state index in [4.69, 9.17) is 9.57 Å². The van der Waals surface area contributed by atoms with Crippen LogP contribution in [-0.2, 0) is 4.74 Å². The van der Waals surface area contributed by atoms with E-state index in [2.05, 4.69) is 10.2 Å². The maximum Gasteiger partial charge on any atom is 0.341 e. The maximum absolute atomic E-state index is 11.4. The molecule has 0 aliphatic rings. The summed E-state index contributed by atoms with van der Waals surface area (Å²) in [5, 5.41) is 0. The monoisotopic (exact) mass is 239 g/mol. The summed E-state index contributed by atoms with van der Waals surface area (Å²) >= 11 is 0. The van der Waals surface area contributed by atoms with Crippen LogP contribution in [0.5, 0.6) is 11.5 Å². The van der Waals surface area contributed by atoms with Gasteiger partial charge in [-0.3, -0.25) is 0 Å². The maximum atomic E-state index is 11.4. The topological polar surface area (TPSA) is 56.8 Å². The molecular formula is C12H17NO4. The third-order valence-corrected chi connectivity index (χ3v) is 2.12. The standard InChI is InChI=1S/C12H17NO4/c1-4-7-13-17-9-5-6-10(12(14)16-3)11(8-9)15-2/h5-6,8,13H,4,7H2,1-3H3. The Kier molecular flexibility index (Phi) is 5.29. The van der Waals surface area contributed by atoms with Gasteiger partial charge in [-0.2, -0.15) is 5.48 Å². The van der Waals surface area contributed by atoms with Crippen LogP contribution in [0.3, 0.4) is 0 Å². The molecule has 1 rings (SSSR count). The highest BCUT2D eigenvalue weighted by atomic mass is 16.6. The summed E-state index contributed by atoms with van der Waals surface area (Å²) in [6.07, 6.45) is 0.970. The van der Waals surface area contributed by atoms with E-state index >= 15 is 0 Å². The Balaban J connectivity index is 2.81. The van der Waals surface area contributed by atoms with E-state index in [1.807, 2.05) is 6.92 Å². The fourth-order valence-corrected chi connectivity index (χ4v) is 1.25. The molecule has 1 N–H and O–H groups in total. The molecule has 0 spiro atoms. The largest absolute Gasteiger partial charge is 0.496 e. The molecule has 5 heteroatoms. The third kappa shape index (κ3) is 3.64. The van der Waals surface area contributed by atoms with Crippen molar-refractivity contribution in [1.29, 1.82) is 0 Å². The van der Waals surface area contributed by atoms with Crippen LogP contribution in [-0.4, -0.2) is 26.7 Å². The van der Waals surface area contributed by atoms with Crippen molar-refractivity contribution in [2.24, 2.45) is 0 Å². The summed E-state index contributed by atoms with van der Waals surface area (Å²) in [7, 11) is 2.82. The SMILES string of the molecule is CCCNOc1ccc(C(=O)OC)c(OC)c1. The second-order valence-electron chi connectivity index (χ2n) is 3.35. The molecule has 0 fully saturated rings. The predicted octanol–water partition coefficient (Wildman–Crippen LogP) is 1.78. The summed E-state index contributed by atoms with van der Waals surface area (Å²) in [6.45, 7) is 2.79. The molecule has 0 aliphatic carbocycles. The molecule has 0 saturated carbocycles. The molecule has 17 heavy (non-hydrogen) atoms. The Morgan fingerprint density at radius 1 is 1.35 bits per heavy atom. The van der Waals surface area contributed by atoms with Gasteiger partial charge in [-0.15, -0.1) is 0 Å². The minimum atomic E-state index is -0.435. The van der Waals surface area contributed by atoms with Gasteiger partial charge in [0.25, 0.3) is 0 Å². The van der Waals surface area contributed by atoms with Crippen LogP contribution in [0.15, 0.2) is 18.2 Å². The van der Waals surface area contributed by atoms with E-state index in [-0.39, 0.29) is 0 Å². The number of benzene rings is 1. The molecule has 94 valence electrons. The van der Waals surface area contributed by atoms with Crippen LogP contribution in [0.2, 0.25) is 0 Å². The van der Waals surface area contributed by atoms with Crippen molar-refractivity contribution >= 4 is 5.97 Å². The average molecular weight is 239 g/mol. The number of esters is 1. The van der Waals surface area contributed by atoms with Crippen LogP contribution in [0, 0.1) is 0 Å². The second kappa shape index (κ2) is 6.75. The molecule has 0 bridgehead atoms. The first-order chi connectivity index (χ1) is 8.22. The van der Waals surface area contributed by atoms with Gasteiger partial charge in [0.15, 0.2) is 5.75 Å². The number of hydrogen-bond acceptors (Lipinski definition) is 5. The molecule has 0 aromatic heterocycles. The quantitative estimate of drug-likeness (QED) is 0.466. The molecule has 0 unspecified atom stereocenters. The number of carbonyl (C=O) groups is 1. The Bertz CT molecular complexity index is 379. The van der Waals surface area contributed by atoms with E-state index in [1.165, 1.54) is 14.2 Å². The Morgan fingerprint density at radius 3 is 2.71 bits per heavy atom. The first kappa shape index (κ1) is 13.3. The van der Waals surface area contributed by atoms with Crippen molar-refractivity contribution in [1.82, 2.24) is 5.48 Å². The van der Waals surface area contributed by atoms with Crippen molar-refractivity contribution in [3.63, 3.8) is 0 Å². The number of ether oxygens (including phenoxy) is 2. The van der Waals surface area contributed by atoms with Crippen molar-refractivity contribution in [2.45, 2.75) is 13.3 Å². The van der Waals surface area contributed by atoms with E-state index < -0.39 is 5.97 Å². The summed E-state index contributed by atoms with van der Waals surface area (Å²) in [4.78, 5) is 16.7. The number of methoxy groups -OCH3 is 2. The smallest absolute Gasteiger partial charge is 0.341 e. The van der Waals surface area contributed by atoms with Gasteiger partial charge in [0.05, 0.1) is 14.2 Å². The molecule has 0 radical (unpaired) electrons. The van der Waals surface area contributed by atoms with Gasteiger partial charge in [0.2, 0.25) is 0 Å². The third-order valence-electron chi connectivity index (χ3n) is 2.12. The molecule has 0 heterocycles. The lowest BCUT2D eigenvalue weighted by atomic mass is 10.2. The first-order valence-corrected chi connectivity index (χ1v) is 5.39. The minimum absolute atomic E-state index is 0.373. The van der Waals surface area contributed by atoms with E-state index in [1.54, 1.807) is 18.2 Å². The van der Waals surface area contributed by atoms with Crippen LogP contribution in [0.4, 0.5) is 0 Å². The van der Waals surface area contributed by atoms with Crippen molar-refractivity contribution in [3.8, 4) is 11.5 Å². The van der Waals surface area contributed by atoms with E-state index in [0.29, 0.717) is 17.1 Å². The average Bonchev–Trinajstić information content (AvgIpc) is 2.38. The highest BCUT2D eigenvalue weighted by molar-refractivity contribution is 5.92. The number of hydroxylamine groups is 1. The fraction of sp³-hybridized carbons (Fsp3) is 0.417. The van der Waals surface area contributed by atoms with Gasteiger partial charge < -0.3 is 14.3 Å². The van der Waals surface area contributed by atoms with Crippen molar-refractivity contribution in [2.75, 3.05) is 20.8 Å². The van der Waals surface area contributed by atoms with Gasteiger partial charge in [-0.05, 0) is 18.6 Å². The van der Waals surface area contributed by atoms with Crippen LogP contribution in [0.25, 0.3) is 0 Å².